The maximum atomic E-state index is 10.1. The first-order chi connectivity index (χ1) is 7.77. The van der Waals surface area contributed by atoms with E-state index in [0.29, 0.717) is 12.0 Å². The van der Waals surface area contributed by atoms with Crippen LogP contribution in [0.5, 0.6) is 0 Å². The van der Waals surface area contributed by atoms with Crippen LogP contribution in [-0.2, 0) is 9.47 Å². The minimum Gasteiger partial charge on any atom is -0.393 e. The van der Waals surface area contributed by atoms with Gasteiger partial charge >= 0.3 is 0 Å². The molecule has 1 N–H and O–H groups in total. The monoisotopic (exact) mass is 228 g/mol. The van der Waals surface area contributed by atoms with E-state index in [2.05, 4.69) is 6.92 Å². The molecular weight excluding hydrogens is 204 g/mol. The first-order valence-electron chi connectivity index (χ1n) is 6.68. The Hall–Kier alpha value is -0.120. The van der Waals surface area contributed by atoms with Crippen LogP contribution < -0.4 is 0 Å². The molecule has 0 amide bonds. The number of rotatable bonds is 5. The molecule has 0 radical (unpaired) electrons. The summed E-state index contributed by atoms with van der Waals surface area (Å²) in [5.74, 6) is 0.351. The predicted octanol–water partition coefficient (Wildman–Crippen LogP) is 2.12. The van der Waals surface area contributed by atoms with Crippen LogP contribution >= 0.6 is 0 Å². The van der Waals surface area contributed by atoms with E-state index >= 15 is 0 Å². The molecule has 2 aliphatic heterocycles. The number of hydrogen-bond acceptors (Lipinski definition) is 3. The third kappa shape index (κ3) is 3.19. The average molecular weight is 228 g/mol. The smallest absolute Gasteiger partial charge is 0.0600 e. The Balaban J connectivity index is 1.61. The molecule has 3 heteroatoms. The SMILES string of the molecule is CC1OCCC1C(O)CCCC1CCCO1. The highest BCUT2D eigenvalue weighted by molar-refractivity contribution is 4.79. The Morgan fingerprint density at radius 1 is 1.25 bits per heavy atom. The molecular formula is C13H24O3. The van der Waals surface area contributed by atoms with Crippen molar-refractivity contribution >= 4 is 0 Å². The highest BCUT2D eigenvalue weighted by Gasteiger charge is 2.30. The van der Waals surface area contributed by atoms with Gasteiger partial charge in [-0.1, -0.05) is 0 Å². The summed E-state index contributed by atoms with van der Waals surface area (Å²) in [6.07, 6.45) is 7.04. The number of hydrogen-bond donors (Lipinski definition) is 1. The van der Waals surface area contributed by atoms with Crippen LogP contribution in [0.25, 0.3) is 0 Å². The molecule has 2 rings (SSSR count). The van der Waals surface area contributed by atoms with Gasteiger partial charge in [0, 0.05) is 19.1 Å². The number of aliphatic hydroxyl groups excluding tert-OH is 1. The predicted molar refractivity (Wildman–Crippen MR) is 62.4 cm³/mol. The summed E-state index contributed by atoms with van der Waals surface area (Å²) in [7, 11) is 0. The molecule has 0 saturated carbocycles. The Morgan fingerprint density at radius 3 is 2.75 bits per heavy atom. The molecule has 0 spiro atoms. The average Bonchev–Trinajstić information content (AvgIpc) is 2.88. The summed E-state index contributed by atoms with van der Waals surface area (Å²) in [4.78, 5) is 0. The molecule has 2 fully saturated rings. The van der Waals surface area contributed by atoms with Gasteiger partial charge in [0.1, 0.15) is 0 Å². The Bertz CT molecular complexity index is 201. The summed E-state index contributed by atoms with van der Waals surface area (Å²) in [5, 5.41) is 10.1. The lowest BCUT2D eigenvalue weighted by molar-refractivity contribution is 0.0349. The van der Waals surface area contributed by atoms with Gasteiger partial charge in [0.05, 0.1) is 18.3 Å². The van der Waals surface area contributed by atoms with Crippen LogP contribution in [0.2, 0.25) is 0 Å². The molecule has 3 nitrogen and oxygen atoms in total. The number of aliphatic hydroxyl groups is 1. The standard InChI is InChI=1S/C13H24O3/c1-10-12(7-9-15-10)13(14)6-2-4-11-5-3-8-16-11/h10-14H,2-9H2,1H3. The van der Waals surface area contributed by atoms with Gasteiger partial charge in [0.25, 0.3) is 0 Å². The second-order valence-corrected chi connectivity index (χ2v) is 5.16. The second-order valence-electron chi connectivity index (χ2n) is 5.16. The van der Waals surface area contributed by atoms with Crippen molar-refractivity contribution in [3.05, 3.63) is 0 Å². The normalized spacial score (nSPS) is 36.8. The van der Waals surface area contributed by atoms with Crippen molar-refractivity contribution in [1.82, 2.24) is 0 Å². The zero-order valence-corrected chi connectivity index (χ0v) is 10.2. The minimum absolute atomic E-state index is 0.182. The molecule has 4 unspecified atom stereocenters. The van der Waals surface area contributed by atoms with Gasteiger partial charge < -0.3 is 14.6 Å². The van der Waals surface area contributed by atoms with Crippen LogP contribution in [0.4, 0.5) is 0 Å². The third-order valence-corrected chi connectivity index (χ3v) is 3.98. The van der Waals surface area contributed by atoms with Crippen LogP contribution in [-0.4, -0.2) is 36.6 Å². The molecule has 0 aromatic heterocycles. The Kier molecular flexibility index (Phi) is 4.62. The van der Waals surface area contributed by atoms with Crippen molar-refractivity contribution in [2.75, 3.05) is 13.2 Å². The fourth-order valence-electron chi connectivity index (χ4n) is 2.89. The molecule has 94 valence electrons. The lowest BCUT2D eigenvalue weighted by Crippen LogP contribution is -2.26. The van der Waals surface area contributed by atoms with Gasteiger partial charge in [0.15, 0.2) is 0 Å². The molecule has 4 atom stereocenters. The van der Waals surface area contributed by atoms with E-state index in [1.54, 1.807) is 0 Å². The van der Waals surface area contributed by atoms with Crippen molar-refractivity contribution in [1.29, 1.82) is 0 Å². The molecule has 0 aromatic carbocycles. The van der Waals surface area contributed by atoms with E-state index in [1.165, 1.54) is 12.8 Å². The van der Waals surface area contributed by atoms with Crippen molar-refractivity contribution in [3.63, 3.8) is 0 Å². The highest BCUT2D eigenvalue weighted by atomic mass is 16.5. The largest absolute Gasteiger partial charge is 0.393 e. The van der Waals surface area contributed by atoms with Crippen molar-refractivity contribution in [3.8, 4) is 0 Å². The van der Waals surface area contributed by atoms with Crippen LogP contribution in [0.15, 0.2) is 0 Å². The zero-order valence-electron chi connectivity index (χ0n) is 10.2. The van der Waals surface area contributed by atoms with Gasteiger partial charge in [-0.2, -0.15) is 0 Å². The molecule has 0 aromatic rings. The van der Waals surface area contributed by atoms with Gasteiger partial charge in [-0.25, -0.2) is 0 Å². The first-order valence-corrected chi connectivity index (χ1v) is 6.68. The van der Waals surface area contributed by atoms with Gasteiger partial charge in [-0.3, -0.25) is 0 Å². The second kappa shape index (κ2) is 5.99. The lowest BCUT2D eigenvalue weighted by atomic mass is 9.92. The molecule has 0 aliphatic carbocycles. The highest BCUT2D eigenvalue weighted by Crippen LogP contribution is 2.27. The van der Waals surface area contributed by atoms with Crippen molar-refractivity contribution in [2.45, 2.75) is 63.8 Å². The van der Waals surface area contributed by atoms with E-state index in [-0.39, 0.29) is 12.2 Å². The molecule has 16 heavy (non-hydrogen) atoms. The van der Waals surface area contributed by atoms with Gasteiger partial charge in [-0.05, 0) is 45.4 Å². The lowest BCUT2D eigenvalue weighted by Gasteiger charge is -2.21. The topological polar surface area (TPSA) is 38.7 Å². The maximum Gasteiger partial charge on any atom is 0.0600 e. The van der Waals surface area contributed by atoms with Gasteiger partial charge in [0.2, 0.25) is 0 Å². The van der Waals surface area contributed by atoms with E-state index in [1.807, 2.05) is 0 Å². The maximum absolute atomic E-state index is 10.1. The van der Waals surface area contributed by atoms with E-state index in [0.717, 1.165) is 38.9 Å². The number of ether oxygens (including phenoxy) is 2. The molecule has 0 bridgehead atoms. The van der Waals surface area contributed by atoms with Gasteiger partial charge in [-0.15, -0.1) is 0 Å². The van der Waals surface area contributed by atoms with Crippen LogP contribution in [0.3, 0.4) is 0 Å². The van der Waals surface area contributed by atoms with Crippen LogP contribution in [0.1, 0.15) is 45.4 Å². The summed E-state index contributed by atoms with van der Waals surface area (Å²) in [6.45, 7) is 3.82. The Labute approximate surface area is 98.1 Å². The van der Waals surface area contributed by atoms with Crippen molar-refractivity contribution in [2.24, 2.45) is 5.92 Å². The van der Waals surface area contributed by atoms with Crippen molar-refractivity contribution < 1.29 is 14.6 Å². The fourth-order valence-corrected chi connectivity index (χ4v) is 2.89. The first kappa shape index (κ1) is 12.3. The zero-order chi connectivity index (χ0) is 11.4. The van der Waals surface area contributed by atoms with Crippen LogP contribution in [0, 0.1) is 5.92 Å². The molecule has 2 aliphatic rings. The summed E-state index contributed by atoms with van der Waals surface area (Å²) < 4.78 is 11.1. The summed E-state index contributed by atoms with van der Waals surface area (Å²) >= 11 is 0. The third-order valence-electron chi connectivity index (χ3n) is 3.98. The molecule has 2 saturated heterocycles. The van der Waals surface area contributed by atoms with E-state index in [4.69, 9.17) is 9.47 Å². The fraction of sp³-hybridized carbons (Fsp3) is 1.00. The van der Waals surface area contributed by atoms with E-state index < -0.39 is 0 Å². The minimum atomic E-state index is -0.182. The Morgan fingerprint density at radius 2 is 2.12 bits per heavy atom. The quantitative estimate of drug-likeness (QED) is 0.783. The summed E-state index contributed by atoms with van der Waals surface area (Å²) in [6, 6.07) is 0. The molecule has 2 heterocycles. The van der Waals surface area contributed by atoms with E-state index in [9.17, 15) is 5.11 Å². The summed E-state index contributed by atoms with van der Waals surface area (Å²) in [5.41, 5.74) is 0.